The molecule has 5 heterocycles. The normalized spacial score (nSPS) is 42.9. The highest BCUT2D eigenvalue weighted by Gasteiger charge is 2.69. The fourth-order valence-electron chi connectivity index (χ4n) is 7.22. The SMILES string of the molecule is CCOC(=O)[C@@H]1CCCN(C(=O)CCC(=O)O[C@@H]2O[C@@H]3O[C@]4(C)CC[C@H]5[C@H](C)CC[C@H]([C@H]2C)[C@@]35OO4)C1. The lowest BCUT2D eigenvalue weighted by Gasteiger charge is -2.59. The third-order valence-corrected chi connectivity index (χ3v) is 9.28. The van der Waals surface area contributed by atoms with E-state index in [4.69, 9.17) is 28.7 Å². The lowest BCUT2D eigenvalue weighted by molar-refractivity contribution is -0.576. The maximum absolute atomic E-state index is 12.8. The molecule has 0 unspecified atom stereocenters. The van der Waals surface area contributed by atoms with Crippen LogP contribution in [0.25, 0.3) is 0 Å². The first kappa shape index (κ1) is 26.8. The van der Waals surface area contributed by atoms with Crippen LogP contribution in [0.4, 0.5) is 0 Å². The van der Waals surface area contributed by atoms with Gasteiger partial charge in [-0.1, -0.05) is 13.8 Å². The predicted octanol–water partition coefficient (Wildman–Crippen LogP) is 3.32. The largest absolute Gasteiger partial charge is 0.466 e. The molecule has 0 aromatic carbocycles. The summed E-state index contributed by atoms with van der Waals surface area (Å²) in [6, 6.07) is 0. The van der Waals surface area contributed by atoms with E-state index in [-0.39, 0.29) is 48.4 Å². The zero-order chi connectivity index (χ0) is 26.4. The molecule has 37 heavy (non-hydrogen) atoms. The summed E-state index contributed by atoms with van der Waals surface area (Å²) in [5.41, 5.74) is -0.713. The van der Waals surface area contributed by atoms with Crippen LogP contribution in [0.1, 0.15) is 79.1 Å². The van der Waals surface area contributed by atoms with Crippen LogP contribution in [0.3, 0.4) is 0 Å². The van der Waals surface area contributed by atoms with Crippen LogP contribution in [0.15, 0.2) is 0 Å². The van der Waals surface area contributed by atoms with Gasteiger partial charge < -0.3 is 23.8 Å². The van der Waals surface area contributed by atoms with Crippen molar-refractivity contribution in [2.75, 3.05) is 19.7 Å². The van der Waals surface area contributed by atoms with E-state index in [1.807, 2.05) is 13.8 Å². The molecule has 0 N–H and O–H groups in total. The zero-order valence-electron chi connectivity index (χ0n) is 22.4. The quantitative estimate of drug-likeness (QED) is 0.382. The Morgan fingerprint density at radius 1 is 1.03 bits per heavy atom. The first-order valence-electron chi connectivity index (χ1n) is 14.0. The van der Waals surface area contributed by atoms with Crippen molar-refractivity contribution in [2.45, 2.75) is 103 Å². The second kappa shape index (κ2) is 10.4. The Bertz CT molecular complexity index is 897. The maximum Gasteiger partial charge on any atom is 0.310 e. The average molecular weight is 524 g/mol. The summed E-state index contributed by atoms with van der Waals surface area (Å²) in [5, 5.41) is 0. The lowest BCUT2D eigenvalue weighted by Crippen LogP contribution is -2.70. The van der Waals surface area contributed by atoms with E-state index < -0.39 is 29.9 Å². The van der Waals surface area contributed by atoms with Gasteiger partial charge in [0, 0.05) is 37.8 Å². The second-order valence-electron chi connectivity index (χ2n) is 11.7. The van der Waals surface area contributed by atoms with Gasteiger partial charge in [0.15, 0.2) is 11.9 Å². The lowest BCUT2D eigenvalue weighted by atomic mass is 9.58. The number of piperidine rings is 1. The molecule has 1 saturated carbocycles. The van der Waals surface area contributed by atoms with Gasteiger partial charge in [0.2, 0.25) is 18.0 Å². The highest BCUT2D eigenvalue weighted by molar-refractivity contribution is 5.82. The van der Waals surface area contributed by atoms with E-state index in [9.17, 15) is 14.4 Å². The fraction of sp³-hybridized carbons (Fsp3) is 0.889. The van der Waals surface area contributed by atoms with Gasteiger partial charge in [0.1, 0.15) is 0 Å². The molecule has 6 fully saturated rings. The van der Waals surface area contributed by atoms with E-state index in [0.29, 0.717) is 38.5 Å². The van der Waals surface area contributed by atoms with Crippen LogP contribution in [0, 0.1) is 29.6 Å². The van der Waals surface area contributed by atoms with Gasteiger partial charge in [-0.2, -0.15) is 0 Å². The third kappa shape index (κ3) is 4.90. The van der Waals surface area contributed by atoms with E-state index >= 15 is 0 Å². The second-order valence-corrected chi connectivity index (χ2v) is 11.7. The average Bonchev–Trinajstić information content (AvgIpc) is 3.11. The number of likely N-dealkylation sites (tertiary alicyclic amines) is 1. The van der Waals surface area contributed by atoms with Crippen molar-refractivity contribution in [2.24, 2.45) is 29.6 Å². The molecular formula is C27H41NO9. The molecular weight excluding hydrogens is 482 g/mol. The Hall–Kier alpha value is -1.75. The first-order valence-corrected chi connectivity index (χ1v) is 14.0. The number of amides is 1. The van der Waals surface area contributed by atoms with Gasteiger partial charge in [-0.25, -0.2) is 9.78 Å². The Labute approximate surface area is 218 Å². The van der Waals surface area contributed by atoms with Gasteiger partial charge in [0.25, 0.3) is 0 Å². The fourth-order valence-corrected chi connectivity index (χ4v) is 7.22. The Morgan fingerprint density at radius 2 is 1.84 bits per heavy atom. The molecule has 1 spiro atoms. The molecule has 6 aliphatic rings. The Morgan fingerprint density at radius 3 is 2.62 bits per heavy atom. The van der Waals surface area contributed by atoms with E-state index in [1.165, 1.54) is 0 Å². The van der Waals surface area contributed by atoms with Crippen LogP contribution in [-0.4, -0.2) is 66.4 Å². The number of hydrogen-bond acceptors (Lipinski definition) is 9. The van der Waals surface area contributed by atoms with Crippen LogP contribution < -0.4 is 0 Å². The van der Waals surface area contributed by atoms with Crippen molar-refractivity contribution in [1.82, 2.24) is 4.90 Å². The molecule has 0 aromatic rings. The summed E-state index contributed by atoms with van der Waals surface area (Å²) in [6.07, 6.45) is 3.57. The molecule has 0 radical (unpaired) electrons. The number of ether oxygens (including phenoxy) is 4. The number of carbonyl (C=O) groups excluding carboxylic acids is 3. The van der Waals surface area contributed by atoms with E-state index in [2.05, 4.69) is 6.92 Å². The van der Waals surface area contributed by atoms with E-state index in [0.717, 1.165) is 25.7 Å². The summed E-state index contributed by atoms with van der Waals surface area (Å²) in [6.45, 7) is 9.14. The van der Waals surface area contributed by atoms with Gasteiger partial charge in [-0.05, 0) is 57.8 Å². The monoisotopic (exact) mass is 523 g/mol. The highest BCUT2D eigenvalue weighted by atomic mass is 17.3. The van der Waals surface area contributed by atoms with Crippen LogP contribution in [0.2, 0.25) is 0 Å². The summed E-state index contributed by atoms with van der Waals surface area (Å²) in [7, 11) is 0. The van der Waals surface area contributed by atoms with Crippen molar-refractivity contribution in [3.05, 3.63) is 0 Å². The molecule has 2 bridgehead atoms. The minimum Gasteiger partial charge on any atom is -0.466 e. The third-order valence-electron chi connectivity index (χ3n) is 9.28. The van der Waals surface area contributed by atoms with Gasteiger partial charge in [0.05, 0.1) is 18.9 Å². The van der Waals surface area contributed by atoms with Crippen molar-refractivity contribution in [3.63, 3.8) is 0 Å². The first-order chi connectivity index (χ1) is 17.7. The number of rotatable bonds is 6. The maximum atomic E-state index is 12.8. The topological polar surface area (TPSA) is 110 Å². The van der Waals surface area contributed by atoms with Crippen molar-refractivity contribution in [3.8, 4) is 0 Å². The molecule has 6 rings (SSSR count). The molecule has 10 heteroatoms. The predicted molar refractivity (Wildman–Crippen MR) is 128 cm³/mol. The van der Waals surface area contributed by atoms with Gasteiger partial charge in [-0.3, -0.25) is 14.4 Å². The molecule has 208 valence electrons. The molecule has 5 aliphatic heterocycles. The number of nitrogens with zero attached hydrogens (tertiary/aromatic N) is 1. The Balaban J connectivity index is 1.19. The molecule has 10 nitrogen and oxygen atoms in total. The highest BCUT2D eigenvalue weighted by Crippen LogP contribution is 2.60. The van der Waals surface area contributed by atoms with Crippen LogP contribution >= 0.6 is 0 Å². The molecule has 5 saturated heterocycles. The van der Waals surface area contributed by atoms with Crippen LogP contribution in [-0.2, 0) is 43.1 Å². The van der Waals surface area contributed by atoms with E-state index in [1.54, 1.807) is 11.8 Å². The molecule has 1 amide bonds. The minimum absolute atomic E-state index is 0.0252. The Kier molecular flexibility index (Phi) is 7.57. The smallest absolute Gasteiger partial charge is 0.310 e. The summed E-state index contributed by atoms with van der Waals surface area (Å²) in [4.78, 5) is 51.3. The molecule has 1 aliphatic carbocycles. The number of hydrogen-bond donors (Lipinski definition) is 0. The number of esters is 2. The van der Waals surface area contributed by atoms with Crippen LogP contribution in [0.5, 0.6) is 0 Å². The minimum atomic E-state index is -0.894. The van der Waals surface area contributed by atoms with Crippen molar-refractivity contribution in [1.29, 1.82) is 0 Å². The molecule has 9 atom stereocenters. The van der Waals surface area contributed by atoms with Gasteiger partial charge >= 0.3 is 11.9 Å². The summed E-state index contributed by atoms with van der Waals surface area (Å²) in [5.74, 6) is -1.48. The zero-order valence-corrected chi connectivity index (χ0v) is 22.4. The number of fused-ring (bicyclic) bond motifs is 2. The van der Waals surface area contributed by atoms with Gasteiger partial charge in [-0.15, -0.1) is 0 Å². The molecule has 0 aromatic heterocycles. The summed E-state index contributed by atoms with van der Waals surface area (Å²) >= 11 is 0. The van der Waals surface area contributed by atoms with Crippen molar-refractivity contribution < 1.29 is 43.1 Å². The number of carbonyl (C=O) groups is 3. The standard InChI is InChI=1S/C27H41NO9/c1-5-32-23(31)18-7-6-14-28(15-18)21(29)10-11-22(30)33-24-17(3)20-9-8-16(2)19-12-13-26(4)35-25(34-24)27(19,20)37-36-26/h16-20,24-25H,5-15H2,1-4H3/t16-,17-,18-,19+,20-,24-,25-,26+,27-/m1/s1. The van der Waals surface area contributed by atoms with Crippen molar-refractivity contribution >= 4 is 17.8 Å². The summed E-state index contributed by atoms with van der Waals surface area (Å²) < 4.78 is 23.5.